The molecule has 134 valence electrons. The van der Waals surface area contributed by atoms with Crippen molar-refractivity contribution in [3.8, 4) is 0 Å². The Morgan fingerprint density at radius 2 is 2.12 bits per heavy atom. The third kappa shape index (κ3) is 5.80. The molecule has 0 unspecified atom stereocenters. The SMILES string of the molecule is Cc1ccc2nc(NC(=O)CCCNC(=O)[C@@H](N)CC(=O)O)sc2c1. The number of carboxylic acids is 1. The van der Waals surface area contributed by atoms with Crippen LogP contribution in [0.2, 0.25) is 0 Å². The van der Waals surface area contributed by atoms with Crippen molar-refractivity contribution in [1.82, 2.24) is 10.3 Å². The number of nitrogens with zero attached hydrogens (tertiary/aromatic N) is 1. The first-order chi connectivity index (χ1) is 11.8. The second-order valence-electron chi connectivity index (χ2n) is 5.64. The predicted octanol–water partition coefficient (Wildman–Crippen LogP) is 1.24. The molecule has 5 N–H and O–H groups in total. The number of thiazole rings is 1. The Balaban J connectivity index is 1.73. The first-order valence-electron chi connectivity index (χ1n) is 7.77. The Morgan fingerprint density at radius 3 is 2.84 bits per heavy atom. The molecule has 0 spiro atoms. The highest BCUT2D eigenvalue weighted by atomic mass is 32.1. The zero-order chi connectivity index (χ0) is 18.4. The highest BCUT2D eigenvalue weighted by Crippen LogP contribution is 2.26. The van der Waals surface area contributed by atoms with Crippen molar-refractivity contribution in [3.05, 3.63) is 23.8 Å². The number of carboxylic acid groups (broad SMARTS) is 1. The standard InChI is InChI=1S/C16H20N4O4S/c1-9-4-5-11-12(7-9)25-16(19-11)20-13(21)3-2-6-18-15(24)10(17)8-14(22)23/h4-5,7,10H,2-3,6,8,17H2,1H3,(H,18,24)(H,22,23)(H,19,20,21)/t10-/m0/s1. The number of carbonyl (C=O) groups is 3. The van der Waals surface area contributed by atoms with Crippen LogP contribution in [0, 0.1) is 6.92 Å². The number of amides is 2. The van der Waals surface area contributed by atoms with E-state index in [9.17, 15) is 14.4 Å². The molecule has 1 aromatic carbocycles. The summed E-state index contributed by atoms with van der Waals surface area (Å²) in [5.74, 6) is -1.86. The number of nitrogens with two attached hydrogens (primary N) is 1. The minimum atomic E-state index is -1.13. The molecule has 9 heteroatoms. The van der Waals surface area contributed by atoms with Crippen molar-refractivity contribution >= 4 is 44.5 Å². The van der Waals surface area contributed by atoms with Crippen molar-refractivity contribution < 1.29 is 19.5 Å². The fraction of sp³-hybridized carbons (Fsp3) is 0.375. The Kier molecular flexibility index (Phi) is 6.43. The summed E-state index contributed by atoms with van der Waals surface area (Å²) < 4.78 is 1.01. The Bertz CT molecular complexity index is 790. The van der Waals surface area contributed by atoms with Crippen LogP contribution in [0.5, 0.6) is 0 Å². The summed E-state index contributed by atoms with van der Waals surface area (Å²) in [6.45, 7) is 2.24. The van der Waals surface area contributed by atoms with Crippen molar-refractivity contribution in [1.29, 1.82) is 0 Å². The molecular weight excluding hydrogens is 344 g/mol. The van der Waals surface area contributed by atoms with Gasteiger partial charge >= 0.3 is 5.97 Å². The summed E-state index contributed by atoms with van der Waals surface area (Å²) in [5.41, 5.74) is 7.40. The van der Waals surface area contributed by atoms with E-state index in [1.165, 1.54) is 11.3 Å². The van der Waals surface area contributed by atoms with Crippen LogP contribution in [-0.4, -0.2) is 40.5 Å². The van der Waals surface area contributed by atoms with Gasteiger partial charge in [-0.25, -0.2) is 4.98 Å². The lowest BCUT2D eigenvalue weighted by atomic mass is 10.2. The summed E-state index contributed by atoms with van der Waals surface area (Å²) in [5, 5.41) is 14.4. The molecule has 25 heavy (non-hydrogen) atoms. The minimum absolute atomic E-state index is 0.195. The van der Waals surface area contributed by atoms with E-state index in [0.717, 1.165) is 15.8 Å². The number of rotatable bonds is 8. The number of nitrogens with one attached hydrogen (secondary N) is 2. The van der Waals surface area contributed by atoms with Gasteiger partial charge in [0.25, 0.3) is 0 Å². The van der Waals surface area contributed by atoms with Crippen LogP contribution in [-0.2, 0) is 14.4 Å². The zero-order valence-corrected chi connectivity index (χ0v) is 14.6. The lowest BCUT2D eigenvalue weighted by molar-refractivity contribution is -0.139. The van der Waals surface area contributed by atoms with Gasteiger partial charge in [0, 0.05) is 13.0 Å². The summed E-state index contributed by atoms with van der Waals surface area (Å²) >= 11 is 1.41. The maximum Gasteiger partial charge on any atom is 0.305 e. The molecule has 2 aromatic rings. The van der Waals surface area contributed by atoms with Crippen molar-refractivity contribution in [3.63, 3.8) is 0 Å². The van der Waals surface area contributed by atoms with E-state index in [4.69, 9.17) is 10.8 Å². The molecule has 0 aliphatic carbocycles. The fourth-order valence-electron chi connectivity index (χ4n) is 2.14. The number of fused-ring (bicyclic) bond motifs is 1. The molecule has 0 bridgehead atoms. The number of aryl methyl sites for hydroxylation is 1. The molecule has 0 aliphatic rings. The summed E-state index contributed by atoms with van der Waals surface area (Å²) in [7, 11) is 0. The van der Waals surface area contributed by atoms with Crippen LogP contribution in [0.4, 0.5) is 5.13 Å². The molecule has 1 aromatic heterocycles. The molecule has 0 fully saturated rings. The number of aromatic nitrogens is 1. The summed E-state index contributed by atoms with van der Waals surface area (Å²) in [6, 6.07) is 4.80. The van der Waals surface area contributed by atoms with Gasteiger partial charge in [-0.05, 0) is 31.0 Å². The van der Waals surface area contributed by atoms with Gasteiger partial charge in [-0.15, -0.1) is 0 Å². The number of carbonyl (C=O) groups excluding carboxylic acids is 2. The predicted molar refractivity (Wildman–Crippen MR) is 95.5 cm³/mol. The third-order valence-electron chi connectivity index (χ3n) is 3.40. The van der Waals surface area contributed by atoms with Crippen LogP contribution < -0.4 is 16.4 Å². The van der Waals surface area contributed by atoms with E-state index in [1.807, 2.05) is 25.1 Å². The first-order valence-corrected chi connectivity index (χ1v) is 8.59. The number of anilines is 1. The van der Waals surface area contributed by atoms with Crippen molar-refractivity contribution in [2.45, 2.75) is 32.2 Å². The Labute approximate surface area is 148 Å². The van der Waals surface area contributed by atoms with Crippen LogP contribution in [0.15, 0.2) is 18.2 Å². The molecule has 0 saturated heterocycles. The maximum atomic E-state index is 11.9. The van der Waals surface area contributed by atoms with E-state index in [2.05, 4.69) is 15.6 Å². The number of hydrogen-bond donors (Lipinski definition) is 4. The molecule has 0 saturated carbocycles. The van der Waals surface area contributed by atoms with Crippen LogP contribution in [0.3, 0.4) is 0 Å². The molecule has 0 aliphatic heterocycles. The Hall–Kier alpha value is -2.52. The van der Waals surface area contributed by atoms with E-state index in [-0.39, 0.29) is 18.9 Å². The quantitative estimate of drug-likeness (QED) is 0.521. The van der Waals surface area contributed by atoms with Gasteiger partial charge in [0.2, 0.25) is 11.8 Å². The largest absolute Gasteiger partial charge is 0.481 e. The molecule has 2 rings (SSSR count). The van der Waals surface area contributed by atoms with E-state index in [0.29, 0.717) is 11.6 Å². The first kappa shape index (κ1) is 18.8. The van der Waals surface area contributed by atoms with E-state index in [1.54, 1.807) is 0 Å². The fourth-order valence-corrected chi connectivity index (χ4v) is 3.12. The van der Waals surface area contributed by atoms with Gasteiger partial charge in [-0.2, -0.15) is 0 Å². The molecular formula is C16H20N4O4S. The smallest absolute Gasteiger partial charge is 0.305 e. The zero-order valence-electron chi connectivity index (χ0n) is 13.7. The van der Waals surface area contributed by atoms with Gasteiger partial charge in [0.1, 0.15) is 0 Å². The van der Waals surface area contributed by atoms with E-state index >= 15 is 0 Å². The van der Waals surface area contributed by atoms with Gasteiger partial charge < -0.3 is 21.5 Å². The normalized spacial score (nSPS) is 11.9. The number of benzene rings is 1. The molecule has 0 radical (unpaired) electrons. The monoisotopic (exact) mass is 364 g/mol. The number of aliphatic carboxylic acids is 1. The van der Waals surface area contributed by atoms with Crippen LogP contribution in [0.25, 0.3) is 10.2 Å². The van der Waals surface area contributed by atoms with Gasteiger partial charge in [-0.3, -0.25) is 14.4 Å². The molecule has 1 atom stereocenters. The lowest BCUT2D eigenvalue weighted by Crippen LogP contribution is -2.42. The van der Waals surface area contributed by atoms with Crippen LogP contribution >= 0.6 is 11.3 Å². The molecule has 2 amide bonds. The highest BCUT2D eigenvalue weighted by molar-refractivity contribution is 7.22. The maximum absolute atomic E-state index is 11.9. The third-order valence-corrected chi connectivity index (χ3v) is 4.34. The average Bonchev–Trinajstić information content (AvgIpc) is 2.91. The highest BCUT2D eigenvalue weighted by Gasteiger charge is 2.16. The molecule has 8 nitrogen and oxygen atoms in total. The van der Waals surface area contributed by atoms with Crippen LogP contribution in [0.1, 0.15) is 24.8 Å². The van der Waals surface area contributed by atoms with Crippen molar-refractivity contribution in [2.24, 2.45) is 5.73 Å². The second-order valence-corrected chi connectivity index (χ2v) is 6.67. The van der Waals surface area contributed by atoms with E-state index < -0.39 is 24.3 Å². The van der Waals surface area contributed by atoms with Crippen molar-refractivity contribution in [2.75, 3.05) is 11.9 Å². The molecule has 1 heterocycles. The topological polar surface area (TPSA) is 134 Å². The Morgan fingerprint density at radius 1 is 1.36 bits per heavy atom. The summed E-state index contributed by atoms with van der Waals surface area (Å²) in [4.78, 5) is 38.3. The lowest BCUT2D eigenvalue weighted by Gasteiger charge is -2.09. The summed E-state index contributed by atoms with van der Waals surface area (Å²) in [6.07, 6.45) is 0.203. The number of hydrogen-bond acceptors (Lipinski definition) is 6. The minimum Gasteiger partial charge on any atom is -0.481 e. The van der Waals surface area contributed by atoms with Gasteiger partial charge in [-0.1, -0.05) is 17.4 Å². The average molecular weight is 364 g/mol. The van der Waals surface area contributed by atoms with Gasteiger partial charge in [0.15, 0.2) is 5.13 Å². The van der Waals surface area contributed by atoms with Gasteiger partial charge in [0.05, 0.1) is 22.7 Å². The second kappa shape index (κ2) is 8.54.